The van der Waals surface area contributed by atoms with Gasteiger partial charge in [0.05, 0.1) is 0 Å². The van der Waals surface area contributed by atoms with E-state index in [1.807, 2.05) is 0 Å². The maximum absolute atomic E-state index is 10.7. The van der Waals surface area contributed by atoms with E-state index < -0.39 is 29.9 Å². The summed E-state index contributed by atoms with van der Waals surface area (Å²) in [6.07, 6.45) is 0.666. The van der Waals surface area contributed by atoms with Gasteiger partial charge in [-0.3, -0.25) is 9.59 Å². The van der Waals surface area contributed by atoms with Crippen LogP contribution in [0.5, 0.6) is 0 Å². The van der Waals surface area contributed by atoms with E-state index in [9.17, 15) is 14.4 Å². The maximum atomic E-state index is 10.7. The van der Waals surface area contributed by atoms with Gasteiger partial charge < -0.3 is 21.3 Å². The first-order chi connectivity index (χ1) is 7.34. The molecule has 0 spiro atoms. The molecule has 0 rings (SSSR count). The molecule has 0 saturated carbocycles. The molecule has 0 unspecified atom stereocenters. The van der Waals surface area contributed by atoms with Crippen LogP contribution in [0.25, 0.3) is 0 Å². The fourth-order valence-corrected chi connectivity index (χ4v) is 1.17. The van der Waals surface area contributed by atoms with E-state index in [0.717, 1.165) is 0 Å². The van der Waals surface area contributed by atoms with Crippen LogP contribution in [0.15, 0.2) is 0 Å². The van der Waals surface area contributed by atoms with E-state index >= 15 is 0 Å². The van der Waals surface area contributed by atoms with Gasteiger partial charge in [0.1, 0.15) is 12.1 Å². The summed E-state index contributed by atoms with van der Waals surface area (Å²) in [4.78, 5) is 31.7. The third kappa shape index (κ3) is 5.97. The Morgan fingerprint density at radius 3 is 2.12 bits per heavy atom. The van der Waals surface area contributed by atoms with Gasteiger partial charge in [-0.1, -0.05) is 0 Å². The highest BCUT2D eigenvalue weighted by Gasteiger charge is 2.19. The minimum absolute atomic E-state index is 0.163. The lowest BCUT2D eigenvalue weighted by molar-refractivity contribution is -0.141. The molecule has 0 heterocycles. The summed E-state index contributed by atoms with van der Waals surface area (Å²) in [6.45, 7) is 1.22. The molecule has 5 N–H and O–H groups in total. The highest BCUT2D eigenvalue weighted by atomic mass is 16.4. The minimum Gasteiger partial charge on any atom is -0.480 e. The zero-order valence-corrected chi connectivity index (χ0v) is 8.97. The van der Waals surface area contributed by atoms with Crippen molar-refractivity contribution in [3.05, 3.63) is 0 Å². The predicted molar refractivity (Wildman–Crippen MR) is 54.7 cm³/mol. The summed E-state index contributed by atoms with van der Waals surface area (Å²) in [5.41, 5.74) is 5.25. The van der Waals surface area contributed by atoms with E-state index in [4.69, 9.17) is 15.9 Å². The molecule has 0 saturated heterocycles. The van der Waals surface area contributed by atoms with Gasteiger partial charge in [-0.25, -0.2) is 4.79 Å². The summed E-state index contributed by atoms with van der Waals surface area (Å²) >= 11 is 0. The monoisotopic (exact) mass is 232 g/mol. The van der Waals surface area contributed by atoms with E-state index in [0.29, 0.717) is 6.42 Å². The Morgan fingerprint density at radius 2 is 1.75 bits per heavy atom. The van der Waals surface area contributed by atoms with Crippen LogP contribution in [0.2, 0.25) is 0 Å². The van der Waals surface area contributed by atoms with Gasteiger partial charge in [-0.05, 0) is 19.3 Å². The highest BCUT2D eigenvalue weighted by Crippen LogP contribution is 2.04. The minimum atomic E-state index is -1.14. The molecule has 7 nitrogen and oxygen atoms in total. The first-order valence-corrected chi connectivity index (χ1v) is 4.83. The third-order valence-electron chi connectivity index (χ3n) is 2.00. The molecule has 0 aromatic heterocycles. The fraction of sp³-hybridized carbons (Fsp3) is 0.667. The largest absolute Gasteiger partial charge is 0.480 e. The Bertz CT molecular complexity index is 279. The van der Waals surface area contributed by atoms with Crippen LogP contribution in [-0.2, 0) is 14.4 Å². The number of carbonyl (C=O) groups is 3. The van der Waals surface area contributed by atoms with Crippen LogP contribution < -0.4 is 11.1 Å². The van der Waals surface area contributed by atoms with Crippen molar-refractivity contribution < 1.29 is 24.6 Å². The van der Waals surface area contributed by atoms with Gasteiger partial charge in [-0.2, -0.15) is 0 Å². The highest BCUT2D eigenvalue weighted by molar-refractivity contribution is 5.82. The Morgan fingerprint density at radius 1 is 1.19 bits per heavy atom. The van der Waals surface area contributed by atoms with Crippen molar-refractivity contribution in [2.45, 2.75) is 38.3 Å². The average Bonchev–Trinajstić information content (AvgIpc) is 2.14. The topological polar surface area (TPSA) is 130 Å². The first-order valence-electron chi connectivity index (χ1n) is 4.83. The molecule has 7 heteroatoms. The zero-order chi connectivity index (χ0) is 12.7. The molecule has 2 atom stereocenters. The second-order valence-corrected chi connectivity index (χ2v) is 3.47. The van der Waals surface area contributed by atoms with Gasteiger partial charge in [0.25, 0.3) is 0 Å². The molecule has 0 aliphatic carbocycles. The number of carboxylic acids is 2. The smallest absolute Gasteiger partial charge is 0.326 e. The number of rotatable bonds is 7. The molecule has 0 aliphatic heterocycles. The van der Waals surface area contributed by atoms with E-state index in [-0.39, 0.29) is 12.8 Å². The number of hydrogen-bond acceptors (Lipinski definition) is 4. The Balaban J connectivity index is 3.99. The number of aliphatic carboxylic acids is 2. The zero-order valence-electron chi connectivity index (χ0n) is 8.97. The van der Waals surface area contributed by atoms with Crippen molar-refractivity contribution in [1.82, 2.24) is 5.32 Å². The van der Waals surface area contributed by atoms with Crippen LogP contribution in [0.4, 0.5) is 0 Å². The Hall–Kier alpha value is -1.63. The van der Waals surface area contributed by atoms with Crippen molar-refractivity contribution in [1.29, 1.82) is 0 Å². The van der Waals surface area contributed by atoms with Crippen molar-refractivity contribution in [3.63, 3.8) is 0 Å². The molecule has 0 radical (unpaired) electrons. The van der Waals surface area contributed by atoms with Crippen LogP contribution in [0.3, 0.4) is 0 Å². The molecule has 1 amide bonds. The molecule has 0 fully saturated rings. The van der Waals surface area contributed by atoms with Crippen molar-refractivity contribution in [3.8, 4) is 0 Å². The standard InChI is InChI=1S/C9H16N2O5/c1-5(12)11-7(9(15)16)4-2-3-6(10)8(13)14/h6-7H,2-4,10H2,1H3,(H,11,12)(H,13,14)(H,15,16)/t6-,7+/m1/s1. The van der Waals surface area contributed by atoms with Gasteiger partial charge in [0.2, 0.25) is 5.91 Å². The average molecular weight is 232 g/mol. The number of nitrogens with one attached hydrogen (secondary N) is 1. The second-order valence-electron chi connectivity index (χ2n) is 3.47. The Kier molecular flexibility index (Phi) is 6.09. The number of nitrogens with two attached hydrogens (primary N) is 1. The third-order valence-corrected chi connectivity index (χ3v) is 2.00. The van der Waals surface area contributed by atoms with Gasteiger partial charge >= 0.3 is 11.9 Å². The molecule has 0 aromatic carbocycles. The number of carboxylic acid groups (broad SMARTS) is 2. The van der Waals surface area contributed by atoms with Crippen LogP contribution >= 0.6 is 0 Å². The number of amides is 1. The summed E-state index contributed by atoms with van der Waals surface area (Å²) in [7, 11) is 0. The maximum Gasteiger partial charge on any atom is 0.326 e. The quantitative estimate of drug-likeness (QED) is 0.452. The molecule has 0 aliphatic rings. The van der Waals surface area contributed by atoms with Crippen LogP contribution in [0.1, 0.15) is 26.2 Å². The number of hydrogen-bond donors (Lipinski definition) is 4. The molecule has 92 valence electrons. The van der Waals surface area contributed by atoms with Crippen LogP contribution in [0, 0.1) is 0 Å². The molecule has 0 aromatic rings. The molecule has 16 heavy (non-hydrogen) atoms. The molecular weight excluding hydrogens is 216 g/mol. The molecule has 0 bridgehead atoms. The summed E-state index contributed by atoms with van der Waals surface area (Å²) in [5.74, 6) is -2.69. The van der Waals surface area contributed by atoms with Crippen LogP contribution in [-0.4, -0.2) is 40.1 Å². The summed E-state index contributed by atoms with van der Waals surface area (Å²) in [5, 5.41) is 19.5. The van der Waals surface area contributed by atoms with E-state index in [1.54, 1.807) is 0 Å². The lowest BCUT2D eigenvalue weighted by Gasteiger charge is -2.13. The second kappa shape index (κ2) is 6.78. The van der Waals surface area contributed by atoms with E-state index in [2.05, 4.69) is 5.32 Å². The Labute approximate surface area is 92.6 Å². The van der Waals surface area contributed by atoms with Crippen molar-refractivity contribution >= 4 is 17.8 Å². The normalized spacial score (nSPS) is 13.9. The summed E-state index contributed by atoms with van der Waals surface area (Å²) < 4.78 is 0. The molecular formula is C9H16N2O5. The lowest BCUT2D eigenvalue weighted by Crippen LogP contribution is -2.40. The van der Waals surface area contributed by atoms with E-state index in [1.165, 1.54) is 6.92 Å². The van der Waals surface area contributed by atoms with Gasteiger partial charge in [0.15, 0.2) is 0 Å². The fourth-order valence-electron chi connectivity index (χ4n) is 1.17. The first kappa shape index (κ1) is 14.4. The van der Waals surface area contributed by atoms with Gasteiger partial charge in [-0.15, -0.1) is 0 Å². The van der Waals surface area contributed by atoms with Gasteiger partial charge in [0, 0.05) is 6.92 Å². The SMILES string of the molecule is CC(=O)N[C@@H](CCC[C@@H](N)C(=O)O)C(=O)O. The van der Waals surface area contributed by atoms with Crippen molar-refractivity contribution in [2.24, 2.45) is 5.73 Å². The predicted octanol–water partition coefficient (Wildman–Crippen LogP) is -0.842. The van der Waals surface area contributed by atoms with Crippen molar-refractivity contribution in [2.75, 3.05) is 0 Å². The number of carbonyl (C=O) groups excluding carboxylic acids is 1. The summed E-state index contributed by atoms with van der Waals surface area (Å²) in [6, 6.07) is -1.98. The lowest BCUT2D eigenvalue weighted by atomic mass is 10.1.